The number of carbonyl (C=O) groups excluding carboxylic acids is 1. The first-order chi connectivity index (χ1) is 11.7. The summed E-state index contributed by atoms with van der Waals surface area (Å²) in [6.07, 6.45) is 3.20. The van der Waals surface area contributed by atoms with Gasteiger partial charge in [-0.2, -0.15) is 14.6 Å². The third-order valence-electron chi connectivity index (χ3n) is 4.21. The number of nitrogens with one attached hydrogen (secondary N) is 1. The van der Waals surface area contributed by atoms with E-state index in [-0.39, 0.29) is 11.9 Å². The van der Waals surface area contributed by atoms with Crippen molar-refractivity contribution in [2.75, 3.05) is 16.8 Å². The second-order valence-electron chi connectivity index (χ2n) is 5.92. The van der Waals surface area contributed by atoms with Gasteiger partial charge in [0.2, 0.25) is 5.91 Å². The quantitative estimate of drug-likeness (QED) is 0.798. The maximum absolute atomic E-state index is 12.9. The topological polar surface area (TPSA) is 75.4 Å². The number of piperidine rings is 1. The molecule has 1 aliphatic heterocycles. The molecular weight excluding hydrogens is 304 g/mol. The third-order valence-corrected chi connectivity index (χ3v) is 4.21. The molecule has 0 radical (unpaired) electrons. The average molecular weight is 322 g/mol. The van der Waals surface area contributed by atoms with Crippen molar-refractivity contribution in [1.29, 1.82) is 0 Å². The number of anilines is 2. The molecule has 0 unspecified atom stereocenters. The van der Waals surface area contributed by atoms with Crippen molar-refractivity contribution >= 4 is 23.2 Å². The van der Waals surface area contributed by atoms with Crippen LogP contribution in [0.3, 0.4) is 0 Å². The fourth-order valence-electron chi connectivity index (χ4n) is 3.09. The predicted octanol–water partition coefficient (Wildman–Crippen LogP) is 2.04. The second kappa shape index (κ2) is 5.92. The zero-order valence-electron chi connectivity index (χ0n) is 13.4. The Balaban J connectivity index is 1.62. The van der Waals surface area contributed by atoms with Gasteiger partial charge < -0.3 is 10.2 Å². The number of aryl methyl sites for hydroxylation is 1. The minimum atomic E-state index is -0.284. The molecule has 7 heteroatoms. The molecule has 1 fully saturated rings. The van der Waals surface area contributed by atoms with Crippen molar-refractivity contribution in [3.8, 4) is 0 Å². The van der Waals surface area contributed by atoms with Crippen molar-refractivity contribution in [1.82, 2.24) is 19.6 Å². The maximum Gasteiger partial charge on any atom is 0.254 e. The highest BCUT2D eigenvalue weighted by Gasteiger charge is 2.30. The molecule has 122 valence electrons. The van der Waals surface area contributed by atoms with Gasteiger partial charge in [-0.25, -0.2) is 4.98 Å². The summed E-state index contributed by atoms with van der Waals surface area (Å²) in [7, 11) is 0. The molecule has 1 saturated heterocycles. The number of nitrogens with zero attached hydrogens (tertiary/aromatic N) is 5. The molecule has 1 aromatic carbocycles. The molecule has 3 aromatic rings. The summed E-state index contributed by atoms with van der Waals surface area (Å²) in [4.78, 5) is 23.2. The Bertz CT molecular complexity index is 875. The van der Waals surface area contributed by atoms with Gasteiger partial charge in [-0.05, 0) is 31.9 Å². The van der Waals surface area contributed by atoms with Gasteiger partial charge >= 0.3 is 0 Å². The molecule has 1 amide bonds. The molecule has 3 heterocycles. The van der Waals surface area contributed by atoms with Crippen LogP contribution in [-0.4, -0.2) is 38.1 Å². The van der Waals surface area contributed by atoms with Gasteiger partial charge in [0.05, 0.1) is 0 Å². The Kier molecular flexibility index (Phi) is 3.60. The number of rotatable bonds is 3. The Labute approximate surface area is 139 Å². The third kappa shape index (κ3) is 2.58. The summed E-state index contributed by atoms with van der Waals surface area (Å²) < 4.78 is 1.63. The highest BCUT2D eigenvalue weighted by Crippen LogP contribution is 2.23. The van der Waals surface area contributed by atoms with Crippen LogP contribution in [0.25, 0.3) is 5.78 Å². The van der Waals surface area contributed by atoms with Crippen molar-refractivity contribution in [3.05, 3.63) is 48.4 Å². The van der Waals surface area contributed by atoms with E-state index in [1.807, 2.05) is 48.2 Å². The Morgan fingerprint density at radius 3 is 2.92 bits per heavy atom. The monoisotopic (exact) mass is 322 g/mol. The first-order valence-electron chi connectivity index (χ1n) is 8.03. The molecule has 0 aliphatic carbocycles. The van der Waals surface area contributed by atoms with Crippen LogP contribution in [0.15, 0.2) is 42.7 Å². The number of aromatic nitrogens is 4. The van der Waals surface area contributed by atoms with Gasteiger partial charge in [0.25, 0.3) is 5.78 Å². The van der Waals surface area contributed by atoms with Gasteiger partial charge in [0.1, 0.15) is 18.2 Å². The zero-order valence-corrected chi connectivity index (χ0v) is 13.4. The number of para-hydroxylation sites is 1. The largest absolute Gasteiger partial charge is 0.358 e. The van der Waals surface area contributed by atoms with Crippen LogP contribution in [0.1, 0.15) is 18.5 Å². The first-order valence-corrected chi connectivity index (χ1v) is 8.03. The molecule has 2 aromatic heterocycles. The number of fused-ring (bicyclic) bond motifs is 1. The lowest BCUT2D eigenvalue weighted by atomic mass is 10.0. The van der Waals surface area contributed by atoms with Crippen molar-refractivity contribution < 1.29 is 4.79 Å². The molecule has 4 rings (SSSR count). The molecule has 7 nitrogen and oxygen atoms in total. The summed E-state index contributed by atoms with van der Waals surface area (Å²) >= 11 is 0. The van der Waals surface area contributed by atoms with Gasteiger partial charge in [-0.3, -0.25) is 4.79 Å². The lowest BCUT2D eigenvalue weighted by Crippen LogP contribution is -2.48. The molecular formula is C17H18N6O. The van der Waals surface area contributed by atoms with Crippen molar-refractivity contribution in [2.24, 2.45) is 0 Å². The molecule has 0 spiro atoms. The second-order valence-corrected chi connectivity index (χ2v) is 5.92. The standard InChI is InChI=1S/C17H18N6O/c1-12-10-15(23-17(20-12)18-11-19-23)21-14-8-5-9-22(16(14)24)13-6-3-2-4-7-13/h2-4,6-7,10-11,14,21H,5,8-9H2,1H3/t14-/m1/s1. The summed E-state index contributed by atoms with van der Waals surface area (Å²) in [5.41, 5.74) is 1.77. The molecule has 0 saturated carbocycles. The van der Waals surface area contributed by atoms with Crippen LogP contribution in [0, 0.1) is 6.92 Å². The lowest BCUT2D eigenvalue weighted by molar-refractivity contribution is -0.120. The number of hydrogen-bond acceptors (Lipinski definition) is 5. The van der Waals surface area contributed by atoms with Crippen LogP contribution >= 0.6 is 0 Å². The normalized spacial score (nSPS) is 18.1. The predicted molar refractivity (Wildman–Crippen MR) is 91.0 cm³/mol. The zero-order chi connectivity index (χ0) is 16.5. The summed E-state index contributed by atoms with van der Waals surface area (Å²) in [6, 6.07) is 11.4. The van der Waals surface area contributed by atoms with Crippen LogP contribution in [0.5, 0.6) is 0 Å². The van der Waals surface area contributed by atoms with E-state index in [0.717, 1.165) is 36.6 Å². The lowest BCUT2D eigenvalue weighted by Gasteiger charge is -2.33. The highest BCUT2D eigenvalue weighted by atomic mass is 16.2. The highest BCUT2D eigenvalue weighted by molar-refractivity contribution is 5.99. The Morgan fingerprint density at radius 1 is 1.25 bits per heavy atom. The number of benzene rings is 1. The minimum absolute atomic E-state index is 0.0789. The average Bonchev–Trinajstić information content (AvgIpc) is 3.06. The first kappa shape index (κ1) is 14.6. The molecule has 24 heavy (non-hydrogen) atoms. The van der Waals surface area contributed by atoms with Gasteiger partial charge in [0, 0.05) is 24.0 Å². The van der Waals surface area contributed by atoms with E-state index in [9.17, 15) is 4.79 Å². The summed E-state index contributed by atoms with van der Waals surface area (Å²) in [6.45, 7) is 2.65. The van der Waals surface area contributed by atoms with E-state index in [2.05, 4.69) is 20.4 Å². The van der Waals surface area contributed by atoms with Gasteiger partial charge in [-0.1, -0.05) is 18.2 Å². The van der Waals surface area contributed by atoms with Crippen LogP contribution in [-0.2, 0) is 4.79 Å². The van der Waals surface area contributed by atoms with E-state index in [0.29, 0.717) is 5.78 Å². The van der Waals surface area contributed by atoms with E-state index >= 15 is 0 Å². The fourth-order valence-corrected chi connectivity index (χ4v) is 3.09. The van der Waals surface area contributed by atoms with Gasteiger partial charge in [0.15, 0.2) is 0 Å². The number of amides is 1. The smallest absolute Gasteiger partial charge is 0.254 e. The van der Waals surface area contributed by atoms with Crippen LogP contribution < -0.4 is 10.2 Å². The number of carbonyl (C=O) groups is 1. The van der Waals surface area contributed by atoms with E-state index in [1.165, 1.54) is 6.33 Å². The maximum atomic E-state index is 12.9. The van der Waals surface area contributed by atoms with Crippen molar-refractivity contribution in [3.63, 3.8) is 0 Å². The SMILES string of the molecule is Cc1cc(N[C@@H]2CCCN(c3ccccc3)C2=O)n2ncnc2n1. The van der Waals surface area contributed by atoms with Gasteiger partial charge in [-0.15, -0.1) is 0 Å². The van der Waals surface area contributed by atoms with Crippen LogP contribution in [0.4, 0.5) is 11.5 Å². The van der Waals surface area contributed by atoms with Crippen molar-refractivity contribution in [2.45, 2.75) is 25.8 Å². The fraction of sp³-hybridized carbons (Fsp3) is 0.294. The Hall–Kier alpha value is -2.96. The van der Waals surface area contributed by atoms with Crippen LogP contribution in [0.2, 0.25) is 0 Å². The minimum Gasteiger partial charge on any atom is -0.358 e. The Morgan fingerprint density at radius 2 is 2.08 bits per heavy atom. The molecule has 1 atom stereocenters. The molecule has 1 N–H and O–H groups in total. The number of hydrogen-bond donors (Lipinski definition) is 1. The summed E-state index contributed by atoms with van der Waals surface area (Å²) in [5.74, 6) is 1.35. The van der Waals surface area contributed by atoms with E-state index in [4.69, 9.17) is 0 Å². The molecule has 0 bridgehead atoms. The summed E-state index contributed by atoms with van der Waals surface area (Å²) in [5, 5.41) is 7.51. The van der Waals surface area contributed by atoms with E-state index in [1.54, 1.807) is 4.52 Å². The van der Waals surface area contributed by atoms with E-state index < -0.39 is 0 Å². The molecule has 1 aliphatic rings.